The van der Waals surface area contributed by atoms with Gasteiger partial charge in [-0.3, -0.25) is 4.79 Å². The predicted octanol–water partition coefficient (Wildman–Crippen LogP) is 1.70. The number of hydrogen-bond acceptors (Lipinski definition) is 3. The molecule has 3 nitrogen and oxygen atoms in total. The molecule has 0 saturated heterocycles. The van der Waals surface area contributed by atoms with Crippen LogP contribution >= 0.6 is 0 Å². The molecule has 0 aromatic carbocycles. The minimum Gasteiger partial charge on any atom is -0.465 e. The third-order valence-electron chi connectivity index (χ3n) is 2.74. The minimum absolute atomic E-state index is 0.0982. The Kier molecular flexibility index (Phi) is 4.02. The van der Waals surface area contributed by atoms with Crippen molar-refractivity contribution in [2.45, 2.75) is 44.6 Å². The summed E-state index contributed by atoms with van der Waals surface area (Å²) in [7, 11) is 0. The summed E-state index contributed by atoms with van der Waals surface area (Å²) in [6, 6.07) is -0.906. The lowest BCUT2D eigenvalue weighted by Gasteiger charge is -2.31. The van der Waals surface area contributed by atoms with Gasteiger partial charge in [-0.2, -0.15) is 0 Å². The second-order valence-electron chi connectivity index (χ2n) is 3.99. The van der Waals surface area contributed by atoms with E-state index < -0.39 is 23.9 Å². The Morgan fingerprint density at radius 2 is 2.33 bits per heavy atom. The monoisotopic (exact) mass is 221 g/mol. The van der Waals surface area contributed by atoms with Crippen LogP contribution in [-0.2, 0) is 9.53 Å². The second kappa shape index (κ2) is 4.88. The molecule has 1 fully saturated rings. The van der Waals surface area contributed by atoms with E-state index in [0.29, 0.717) is 12.8 Å². The van der Waals surface area contributed by atoms with Crippen molar-refractivity contribution >= 4 is 5.97 Å². The van der Waals surface area contributed by atoms with Crippen LogP contribution in [0.25, 0.3) is 0 Å². The molecular weight excluding hydrogens is 204 g/mol. The van der Waals surface area contributed by atoms with Crippen molar-refractivity contribution in [3.05, 3.63) is 0 Å². The molecule has 2 unspecified atom stereocenters. The number of ether oxygens (including phenoxy) is 1. The molecule has 1 aliphatic rings. The van der Waals surface area contributed by atoms with Gasteiger partial charge in [0.25, 0.3) is 0 Å². The van der Waals surface area contributed by atoms with Gasteiger partial charge in [-0.1, -0.05) is 0 Å². The van der Waals surface area contributed by atoms with Crippen molar-refractivity contribution in [1.29, 1.82) is 0 Å². The maximum absolute atomic E-state index is 13.1. The minimum atomic E-state index is -2.67. The third kappa shape index (κ3) is 3.41. The second-order valence-corrected chi connectivity index (χ2v) is 3.99. The van der Waals surface area contributed by atoms with Gasteiger partial charge in [0, 0.05) is 12.8 Å². The molecule has 2 N–H and O–H groups in total. The largest absolute Gasteiger partial charge is 0.465 e. The zero-order chi connectivity index (χ0) is 11.5. The number of hydrogen-bond donors (Lipinski definition) is 1. The first-order valence-electron chi connectivity index (χ1n) is 5.26. The van der Waals surface area contributed by atoms with Crippen molar-refractivity contribution in [2.24, 2.45) is 11.7 Å². The molecule has 1 saturated carbocycles. The Bertz CT molecular complexity index is 233. The van der Waals surface area contributed by atoms with Gasteiger partial charge in [0.2, 0.25) is 5.92 Å². The van der Waals surface area contributed by atoms with Gasteiger partial charge in [0.05, 0.1) is 6.61 Å². The van der Waals surface area contributed by atoms with E-state index in [4.69, 9.17) is 10.5 Å². The summed E-state index contributed by atoms with van der Waals surface area (Å²) in [6.07, 6.45) is 0.604. The molecule has 0 heterocycles. The van der Waals surface area contributed by atoms with Crippen LogP contribution in [0.5, 0.6) is 0 Å². The lowest BCUT2D eigenvalue weighted by molar-refractivity contribution is -0.148. The number of esters is 1. The summed E-state index contributed by atoms with van der Waals surface area (Å²) >= 11 is 0. The summed E-state index contributed by atoms with van der Waals surface area (Å²) in [5.74, 6) is -3.69. The third-order valence-corrected chi connectivity index (χ3v) is 2.74. The fourth-order valence-electron chi connectivity index (χ4n) is 1.95. The number of rotatable bonds is 3. The predicted molar refractivity (Wildman–Crippen MR) is 51.5 cm³/mol. The van der Waals surface area contributed by atoms with Crippen molar-refractivity contribution in [2.75, 3.05) is 6.61 Å². The van der Waals surface area contributed by atoms with Gasteiger partial charge in [0.15, 0.2) is 0 Å². The first-order valence-corrected chi connectivity index (χ1v) is 5.26. The summed E-state index contributed by atoms with van der Waals surface area (Å²) < 4.78 is 30.8. The Hall–Kier alpha value is -0.710. The van der Waals surface area contributed by atoms with Crippen molar-refractivity contribution in [3.63, 3.8) is 0 Å². The molecule has 0 spiro atoms. The van der Waals surface area contributed by atoms with Crippen LogP contribution in [0.4, 0.5) is 8.78 Å². The molecule has 0 bridgehead atoms. The molecule has 2 atom stereocenters. The first-order chi connectivity index (χ1) is 6.96. The highest BCUT2D eigenvalue weighted by atomic mass is 19.3. The smallest absolute Gasteiger partial charge is 0.323 e. The summed E-state index contributed by atoms with van der Waals surface area (Å²) in [4.78, 5) is 11.3. The van der Waals surface area contributed by atoms with Crippen LogP contribution in [-0.4, -0.2) is 24.5 Å². The van der Waals surface area contributed by atoms with E-state index in [1.807, 2.05) is 0 Å². The highest BCUT2D eigenvalue weighted by molar-refractivity contribution is 5.75. The van der Waals surface area contributed by atoms with Crippen LogP contribution < -0.4 is 5.73 Å². The standard InChI is InChI=1S/C10H17F2NO2/c1-2-15-9(14)8(13)7-4-3-5-10(11,12)6-7/h7-8H,2-6,13H2,1H3. The number of carbonyl (C=O) groups is 1. The Labute approximate surface area is 88.0 Å². The SMILES string of the molecule is CCOC(=O)C(N)C1CCCC(F)(F)C1. The molecule has 15 heavy (non-hydrogen) atoms. The molecule has 0 amide bonds. The topological polar surface area (TPSA) is 52.3 Å². The summed E-state index contributed by atoms with van der Waals surface area (Å²) in [5.41, 5.74) is 5.59. The van der Waals surface area contributed by atoms with Crippen LogP contribution in [0.1, 0.15) is 32.6 Å². The van der Waals surface area contributed by atoms with Crippen LogP contribution in [0, 0.1) is 5.92 Å². The van der Waals surface area contributed by atoms with Gasteiger partial charge in [0.1, 0.15) is 6.04 Å². The fraction of sp³-hybridized carbons (Fsp3) is 0.900. The van der Waals surface area contributed by atoms with E-state index in [-0.39, 0.29) is 19.4 Å². The number of nitrogens with two attached hydrogens (primary N) is 1. The highest BCUT2D eigenvalue weighted by Crippen LogP contribution is 2.37. The molecule has 1 rings (SSSR count). The maximum atomic E-state index is 13.1. The molecule has 0 aromatic rings. The average molecular weight is 221 g/mol. The lowest BCUT2D eigenvalue weighted by atomic mass is 9.82. The van der Waals surface area contributed by atoms with Gasteiger partial charge in [-0.05, 0) is 25.7 Å². The van der Waals surface area contributed by atoms with E-state index in [2.05, 4.69) is 0 Å². The lowest BCUT2D eigenvalue weighted by Crippen LogP contribution is -2.43. The number of carbonyl (C=O) groups excluding carboxylic acids is 1. The quantitative estimate of drug-likeness (QED) is 0.738. The highest BCUT2D eigenvalue weighted by Gasteiger charge is 2.40. The molecular formula is C10H17F2NO2. The number of alkyl halides is 2. The molecule has 5 heteroatoms. The van der Waals surface area contributed by atoms with Crippen molar-refractivity contribution in [3.8, 4) is 0 Å². The van der Waals surface area contributed by atoms with E-state index in [1.54, 1.807) is 6.92 Å². The van der Waals surface area contributed by atoms with Crippen molar-refractivity contribution in [1.82, 2.24) is 0 Å². The van der Waals surface area contributed by atoms with Crippen LogP contribution in [0.15, 0.2) is 0 Å². The summed E-state index contributed by atoms with van der Waals surface area (Å²) in [5, 5.41) is 0. The number of halogens is 2. The molecule has 88 valence electrons. The first kappa shape index (κ1) is 12.4. The summed E-state index contributed by atoms with van der Waals surface area (Å²) in [6.45, 7) is 1.90. The van der Waals surface area contributed by atoms with E-state index >= 15 is 0 Å². The molecule has 0 aromatic heterocycles. The Balaban J connectivity index is 2.52. The molecule has 0 aliphatic heterocycles. The van der Waals surface area contributed by atoms with Gasteiger partial charge < -0.3 is 10.5 Å². The van der Waals surface area contributed by atoms with Gasteiger partial charge >= 0.3 is 5.97 Å². The zero-order valence-corrected chi connectivity index (χ0v) is 8.84. The van der Waals surface area contributed by atoms with E-state index in [0.717, 1.165) is 0 Å². The van der Waals surface area contributed by atoms with Gasteiger partial charge in [-0.15, -0.1) is 0 Å². The normalized spacial score (nSPS) is 27.1. The van der Waals surface area contributed by atoms with Gasteiger partial charge in [-0.25, -0.2) is 8.78 Å². The fourth-order valence-corrected chi connectivity index (χ4v) is 1.95. The Morgan fingerprint density at radius 1 is 1.67 bits per heavy atom. The van der Waals surface area contributed by atoms with Crippen molar-refractivity contribution < 1.29 is 18.3 Å². The Morgan fingerprint density at radius 3 is 2.87 bits per heavy atom. The zero-order valence-electron chi connectivity index (χ0n) is 8.84. The average Bonchev–Trinajstić information content (AvgIpc) is 2.15. The molecule has 1 aliphatic carbocycles. The van der Waals surface area contributed by atoms with Crippen LogP contribution in [0.2, 0.25) is 0 Å². The maximum Gasteiger partial charge on any atom is 0.323 e. The molecule has 0 radical (unpaired) electrons. The van der Waals surface area contributed by atoms with E-state index in [9.17, 15) is 13.6 Å². The van der Waals surface area contributed by atoms with E-state index in [1.165, 1.54) is 0 Å². The van der Waals surface area contributed by atoms with Crippen LogP contribution in [0.3, 0.4) is 0 Å².